The summed E-state index contributed by atoms with van der Waals surface area (Å²) in [6.45, 7) is 2.70. The zero-order valence-corrected chi connectivity index (χ0v) is 18.8. The van der Waals surface area contributed by atoms with E-state index in [9.17, 15) is 18.0 Å². The summed E-state index contributed by atoms with van der Waals surface area (Å²) in [4.78, 5) is 26.7. The number of aryl methyl sites for hydroxylation is 1. The number of carbonyl (C=O) groups is 2. The summed E-state index contributed by atoms with van der Waals surface area (Å²) in [5.74, 6) is 1.64. The minimum Gasteiger partial charge on any atom is -0.379 e. The molecule has 0 radical (unpaired) electrons. The molecule has 0 bridgehead atoms. The van der Waals surface area contributed by atoms with Gasteiger partial charge < -0.3 is 15.0 Å². The highest BCUT2D eigenvalue weighted by molar-refractivity contribution is 7.89. The molecule has 0 aromatic heterocycles. The molecule has 1 saturated heterocycles. The SMILES string of the molecule is C#Cc1cccc(NC(=O)CN(C)C(=O)c2cc(S(=O)(=O)N3CCOCC3)ccc2C)c1. The molecule has 168 valence electrons. The smallest absolute Gasteiger partial charge is 0.254 e. The number of carbonyl (C=O) groups excluding carboxylic acids is 2. The molecule has 2 aromatic carbocycles. The average Bonchev–Trinajstić information content (AvgIpc) is 2.79. The van der Waals surface area contributed by atoms with Crippen molar-refractivity contribution in [3.63, 3.8) is 0 Å². The third kappa shape index (κ3) is 5.34. The lowest BCUT2D eigenvalue weighted by molar-refractivity contribution is -0.116. The van der Waals surface area contributed by atoms with Gasteiger partial charge in [-0.3, -0.25) is 9.59 Å². The van der Waals surface area contributed by atoms with Crippen molar-refractivity contribution < 1.29 is 22.7 Å². The normalized spacial score (nSPS) is 14.4. The van der Waals surface area contributed by atoms with E-state index in [1.54, 1.807) is 37.3 Å². The Bertz CT molecular complexity index is 1160. The van der Waals surface area contributed by atoms with Gasteiger partial charge in [0.15, 0.2) is 0 Å². The fourth-order valence-electron chi connectivity index (χ4n) is 3.31. The number of likely N-dealkylation sites (N-methyl/N-ethyl adjacent to an activating group) is 1. The molecule has 0 spiro atoms. The van der Waals surface area contributed by atoms with Crippen molar-refractivity contribution in [3.8, 4) is 12.3 Å². The highest BCUT2D eigenvalue weighted by atomic mass is 32.2. The summed E-state index contributed by atoms with van der Waals surface area (Å²) in [6, 6.07) is 11.3. The molecule has 9 heteroatoms. The predicted molar refractivity (Wildman–Crippen MR) is 121 cm³/mol. The van der Waals surface area contributed by atoms with Gasteiger partial charge in [0.25, 0.3) is 5.91 Å². The topological polar surface area (TPSA) is 96.0 Å². The highest BCUT2D eigenvalue weighted by Gasteiger charge is 2.28. The molecule has 8 nitrogen and oxygen atoms in total. The number of ether oxygens (including phenoxy) is 1. The molecule has 0 unspecified atom stereocenters. The van der Waals surface area contributed by atoms with Crippen molar-refractivity contribution in [3.05, 3.63) is 59.2 Å². The number of hydrogen-bond donors (Lipinski definition) is 1. The number of sulfonamides is 1. The lowest BCUT2D eigenvalue weighted by Gasteiger charge is -2.26. The fraction of sp³-hybridized carbons (Fsp3) is 0.304. The summed E-state index contributed by atoms with van der Waals surface area (Å²) in [6.07, 6.45) is 5.37. The number of nitrogens with zero attached hydrogens (tertiary/aromatic N) is 2. The van der Waals surface area contributed by atoms with E-state index in [0.29, 0.717) is 30.0 Å². The first-order valence-corrected chi connectivity index (χ1v) is 11.5. The fourth-order valence-corrected chi connectivity index (χ4v) is 4.74. The summed E-state index contributed by atoms with van der Waals surface area (Å²) < 4.78 is 32.5. The quantitative estimate of drug-likeness (QED) is 0.669. The van der Waals surface area contributed by atoms with E-state index in [0.717, 1.165) is 0 Å². The predicted octanol–water partition coefficient (Wildman–Crippen LogP) is 1.71. The number of benzene rings is 2. The van der Waals surface area contributed by atoms with Gasteiger partial charge in [-0.2, -0.15) is 4.31 Å². The number of rotatable bonds is 6. The van der Waals surface area contributed by atoms with Crippen molar-refractivity contribution in [2.24, 2.45) is 0 Å². The molecular formula is C23H25N3O5S. The van der Waals surface area contributed by atoms with Crippen LogP contribution in [0.4, 0.5) is 5.69 Å². The molecule has 1 aliphatic heterocycles. The Kier molecular flexibility index (Phi) is 7.30. The molecular weight excluding hydrogens is 430 g/mol. The highest BCUT2D eigenvalue weighted by Crippen LogP contribution is 2.21. The van der Waals surface area contributed by atoms with Crippen LogP contribution < -0.4 is 5.32 Å². The second-order valence-corrected chi connectivity index (χ2v) is 9.37. The van der Waals surface area contributed by atoms with Crippen LogP contribution in [0.1, 0.15) is 21.5 Å². The second-order valence-electron chi connectivity index (χ2n) is 7.43. The Balaban J connectivity index is 1.74. The number of morpholine rings is 1. The van der Waals surface area contributed by atoms with Crippen LogP contribution in [-0.4, -0.2) is 69.3 Å². The van der Waals surface area contributed by atoms with E-state index < -0.39 is 21.8 Å². The molecule has 2 amide bonds. The molecule has 0 aliphatic carbocycles. The Morgan fingerprint density at radius 2 is 1.91 bits per heavy atom. The van der Waals surface area contributed by atoms with Gasteiger partial charge in [-0.1, -0.05) is 18.1 Å². The molecule has 1 fully saturated rings. The van der Waals surface area contributed by atoms with E-state index in [4.69, 9.17) is 11.2 Å². The average molecular weight is 456 g/mol. The van der Waals surface area contributed by atoms with Crippen LogP contribution in [-0.2, 0) is 19.6 Å². The zero-order valence-electron chi connectivity index (χ0n) is 18.0. The summed E-state index contributed by atoms with van der Waals surface area (Å²) in [5, 5.41) is 2.70. The minimum absolute atomic E-state index is 0.0392. The van der Waals surface area contributed by atoms with Crippen LogP contribution in [0.2, 0.25) is 0 Å². The lowest BCUT2D eigenvalue weighted by Crippen LogP contribution is -2.40. The molecule has 32 heavy (non-hydrogen) atoms. The number of hydrogen-bond acceptors (Lipinski definition) is 5. The van der Waals surface area contributed by atoms with Gasteiger partial charge in [-0.15, -0.1) is 6.42 Å². The first kappa shape index (κ1) is 23.5. The summed E-state index contributed by atoms with van der Waals surface area (Å²) in [5.41, 5.74) is 2.00. The molecule has 1 heterocycles. The maximum absolute atomic E-state index is 13.0. The van der Waals surface area contributed by atoms with Crippen LogP contribution in [0.25, 0.3) is 0 Å². The Morgan fingerprint density at radius 3 is 2.59 bits per heavy atom. The van der Waals surface area contributed by atoms with Gasteiger partial charge in [-0.25, -0.2) is 8.42 Å². The van der Waals surface area contributed by atoms with Crippen LogP contribution in [0.15, 0.2) is 47.4 Å². The number of terminal acetylenes is 1. The summed E-state index contributed by atoms with van der Waals surface area (Å²) in [7, 11) is -2.26. The van der Waals surface area contributed by atoms with E-state index in [1.165, 1.54) is 28.4 Å². The number of anilines is 1. The van der Waals surface area contributed by atoms with E-state index in [2.05, 4.69) is 11.2 Å². The van der Waals surface area contributed by atoms with Crippen molar-refractivity contribution in [2.45, 2.75) is 11.8 Å². The minimum atomic E-state index is -3.74. The standard InChI is InChI=1S/C23H25N3O5S/c1-4-18-6-5-7-19(14-18)24-22(27)16-25(3)23(28)21-15-20(9-8-17(21)2)32(29,30)26-10-12-31-13-11-26/h1,5-9,14-15H,10-13,16H2,2-3H3,(H,24,27). The largest absolute Gasteiger partial charge is 0.379 e. The van der Waals surface area contributed by atoms with Crippen molar-refractivity contribution >= 4 is 27.5 Å². The van der Waals surface area contributed by atoms with Gasteiger partial charge in [0.05, 0.1) is 24.7 Å². The van der Waals surface area contributed by atoms with Crippen LogP contribution in [0, 0.1) is 19.3 Å². The van der Waals surface area contributed by atoms with Gasteiger partial charge in [0.1, 0.15) is 0 Å². The maximum atomic E-state index is 13.0. The molecule has 0 saturated carbocycles. The van der Waals surface area contributed by atoms with Crippen molar-refractivity contribution in [1.29, 1.82) is 0 Å². The van der Waals surface area contributed by atoms with Crippen LogP contribution >= 0.6 is 0 Å². The summed E-state index contributed by atoms with van der Waals surface area (Å²) >= 11 is 0. The molecule has 3 rings (SSSR count). The molecule has 2 aromatic rings. The Labute approximate surface area is 188 Å². The number of amides is 2. The first-order chi connectivity index (χ1) is 15.2. The lowest BCUT2D eigenvalue weighted by atomic mass is 10.1. The van der Waals surface area contributed by atoms with Gasteiger partial charge in [0, 0.05) is 37.0 Å². The zero-order chi connectivity index (χ0) is 23.3. The maximum Gasteiger partial charge on any atom is 0.254 e. The number of nitrogens with one attached hydrogen (secondary N) is 1. The van der Waals surface area contributed by atoms with Crippen LogP contribution in [0.3, 0.4) is 0 Å². The van der Waals surface area contributed by atoms with Crippen molar-refractivity contribution in [1.82, 2.24) is 9.21 Å². The van der Waals surface area contributed by atoms with Gasteiger partial charge in [-0.05, 0) is 42.8 Å². The van der Waals surface area contributed by atoms with E-state index in [1.807, 2.05) is 0 Å². The van der Waals surface area contributed by atoms with Crippen molar-refractivity contribution in [2.75, 3.05) is 45.2 Å². The van der Waals surface area contributed by atoms with Crippen LogP contribution in [0.5, 0.6) is 0 Å². The third-order valence-electron chi connectivity index (χ3n) is 5.09. The molecule has 1 N–H and O–H groups in total. The Hall–Kier alpha value is -3.19. The first-order valence-electron chi connectivity index (χ1n) is 10.0. The second kappa shape index (κ2) is 9.96. The van der Waals surface area contributed by atoms with Gasteiger partial charge in [0.2, 0.25) is 15.9 Å². The van der Waals surface area contributed by atoms with Gasteiger partial charge >= 0.3 is 0 Å². The Morgan fingerprint density at radius 1 is 1.19 bits per heavy atom. The van der Waals surface area contributed by atoms with E-state index in [-0.39, 0.29) is 30.1 Å². The third-order valence-corrected chi connectivity index (χ3v) is 6.98. The molecule has 1 aliphatic rings. The monoisotopic (exact) mass is 455 g/mol. The van der Waals surface area contributed by atoms with E-state index >= 15 is 0 Å². The molecule has 0 atom stereocenters.